The maximum Gasteiger partial charge on any atom is 0.407 e. The first kappa shape index (κ1) is 26.9. The topological polar surface area (TPSA) is 93.2 Å². The Bertz CT molecular complexity index is 1100. The van der Waals surface area contributed by atoms with Gasteiger partial charge in [-0.05, 0) is 42.4 Å². The van der Waals surface area contributed by atoms with E-state index in [4.69, 9.17) is 0 Å². The minimum Gasteiger partial charge on any atom is -0.465 e. The number of piperazine rings is 1. The zero-order chi connectivity index (χ0) is 27.3. The van der Waals surface area contributed by atoms with Gasteiger partial charge < -0.3 is 10.0 Å². The number of amides is 3. The van der Waals surface area contributed by atoms with E-state index < -0.39 is 17.6 Å². The van der Waals surface area contributed by atoms with Crippen LogP contribution in [0.5, 0.6) is 0 Å². The van der Waals surface area contributed by atoms with Crippen molar-refractivity contribution in [3.05, 3.63) is 29.6 Å². The predicted molar refractivity (Wildman–Crippen MR) is 143 cm³/mol. The first-order valence-corrected chi connectivity index (χ1v) is 14.1. The van der Waals surface area contributed by atoms with Crippen LogP contribution in [0.2, 0.25) is 0 Å². The number of nitrogens with one attached hydrogen (secondary N) is 1. The fraction of sp³-hybridized carbons (Fsp3) is 0.690. The summed E-state index contributed by atoms with van der Waals surface area (Å²) in [4.78, 5) is 42.2. The van der Waals surface area contributed by atoms with E-state index in [-0.39, 0.29) is 34.9 Å². The van der Waals surface area contributed by atoms with E-state index in [2.05, 4.69) is 31.0 Å². The number of carboxylic acid groups (broad SMARTS) is 1. The third-order valence-corrected chi connectivity index (χ3v) is 9.86. The molecule has 3 heterocycles. The van der Waals surface area contributed by atoms with E-state index >= 15 is 4.39 Å². The molecule has 2 unspecified atom stereocenters. The second-order valence-corrected chi connectivity index (χ2v) is 12.8. The van der Waals surface area contributed by atoms with Crippen LogP contribution in [0.15, 0.2) is 18.2 Å². The van der Waals surface area contributed by atoms with Crippen molar-refractivity contribution < 1.29 is 23.9 Å². The highest BCUT2D eigenvalue weighted by atomic mass is 19.1. The lowest BCUT2D eigenvalue weighted by molar-refractivity contribution is -0.216. The van der Waals surface area contributed by atoms with Crippen molar-refractivity contribution in [3.63, 3.8) is 0 Å². The Morgan fingerprint density at radius 2 is 1.79 bits per heavy atom. The zero-order valence-corrected chi connectivity index (χ0v) is 22.9. The first-order chi connectivity index (χ1) is 18.0. The summed E-state index contributed by atoms with van der Waals surface area (Å²) >= 11 is 0. The van der Waals surface area contributed by atoms with E-state index in [9.17, 15) is 19.5 Å². The first-order valence-electron chi connectivity index (χ1n) is 14.1. The summed E-state index contributed by atoms with van der Waals surface area (Å²) < 4.78 is 15.2. The molecular formula is C29H41FN4O4. The van der Waals surface area contributed by atoms with Crippen LogP contribution in [0.4, 0.5) is 14.9 Å². The highest BCUT2D eigenvalue weighted by Crippen LogP contribution is 2.62. The number of carbonyl (C=O) groups excluding carboxylic acids is 2. The van der Waals surface area contributed by atoms with Crippen LogP contribution in [0.3, 0.4) is 0 Å². The van der Waals surface area contributed by atoms with Crippen molar-refractivity contribution in [2.45, 2.75) is 77.2 Å². The average molecular weight is 529 g/mol. The van der Waals surface area contributed by atoms with Gasteiger partial charge in [0.05, 0.1) is 17.1 Å². The van der Waals surface area contributed by atoms with Crippen molar-refractivity contribution in [1.82, 2.24) is 15.1 Å². The quantitative estimate of drug-likeness (QED) is 0.569. The molecule has 1 aliphatic carbocycles. The molecule has 5 rings (SSSR count). The number of carbonyl (C=O) groups is 3. The molecule has 0 bridgehead atoms. The summed E-state index contributed by atoms with van der Waals surface area (Å²) in [6, 6.07) is 4.98. The fourth-order valence-corrected chi connectivity index (χ4v) is 7.96. The van der Waals surface area contributed by atoms with Gasteiger partial charge in [0.15, 0.2) is 0 Å². The van der Waals surface area contributed by atoms with Gasteiger partial charge >= 0.3 is 6.09 Å². The Balaban J connectivity index is 1.29. The number of piperidine rings is 1. The summed E-state index contributed by atoms with van der Waals surface area (Å²) in [7, 11) is 0. The molecule has 2 N–H and O–H groups in total. The monoisotopic (exact) mass is 528 g/mol. The lowest BCUT2D eigenvalue weighted by Crippen LogP contribution is -2.83. The van der Waals surface area contributed by atoms with Gasteiger partial charge in [-0.25, -0.2) is 9.18 Å². The van der Waals surface area contributed by atoms with Gasteiger partial charge in [0.25, 0.3) is 0 Å². The molecule has 4 aliphatic rings. The van der Waals surface area contributed by atoms with Gasteiger partial charge in [0.2, 0.25) is 11.8 Å². The van der Waals surface area contributed by atoms with E-state index in [1.165, 1.54) is 12.5 Å². The molecule has 2 atom stereocenters. The molecule has 3 saturated heterocycles. The number of nitrogens with zero attached hydrogens (tertiary/aromatic N) is 3. The molecule has 1 saturated carbocycles. The highest BCUT2D eigenvalue weighted by molar-refractivity contribution is 6.00. The third kappa shape index (κ3) is 4.36. The van der Waals surface area contributed by atoms with Gasteiger partial charge in [-0.2, -0.15) is 0 Å². The van der Waals surface area contributed by atoms with E-state index in [1.807, 2.05) is 4.90 Å². The molecular weight excluding hydrogens is 487 g/mol. The summed E-state index contributed by atoms with van der Waals surface area (Å²) in [5.74, 6) is -1.51. The molecule has 208 valence electrons. The van der Waals surface area contributed by atoms with Crippen LogP contribution in [-0.2, 0) is 9.59 Å². The van der Waals surface area contributed by atoms with E-state index in [0.717, 1.165) is 38.8 Å². The Hall–Kier alpha value is -2.68. The molecule has 4 fully saturated rings. The van der Waals surface area contributed by atoms with Crippen LogP contribution in [-0.4, -0.2) is 77.6 Å². The molecule has 3 aliphatic heterocycles. The maximum absolute atomic E-state index is 15.2. The fourth-order valence-electron chi connectivity index (χ4n) is 7.96. The normalized spacial score (nSPS) is 28.3. The molecule has 0 aromatic heterocycles. The van der Waals surface area contributed by atoms with Gasteiger partial charge in [0, 0.05) is 51.1 Å². The Labute approximate surface area is 224 Å². The zero-order valence-electron chi connectivity index (χ0n) is 22.9. The molecule has 0 radical (unpaired) electrons. The van der Waals surface area contributed by atoms with Crippen molar-refractivity contribution in [1.29, 1.82) is 0 Å². The second kappa shape index (κ2) is 9.81. The lowest BCUT2D eigenvalue weighted by atomic mass is 9.47. The van der Waals surface area contributed by atoms with Crippen LogP contribution < -0.4 is 10.2 Å². The second-order valence-electron chi connectivity index (χ2n) is 12.8. The van der Waals surface area contributed by atoms with Crippen LogP contribution in [0, 0.1) is 16.6 Å². The SMILES string of the molecule is CC(C)(C)C1(CN2CCN(c3ccc(C4CCC(=O)NC4=O)cc3F)CC2)N(C(=O)O)CC12CCCCC2. The third-order valence-electron chi connectivity index (χ3n) is 9.86. The van der Waals surface area contributed by atoms with Gasteiger partial charge in [-0.3, -0.25) is 24.7 Å². The molecule has 1 spiro atoms. The lowest BCUT2D eigenvalue weighted by Gasteiger charge is -2.72. The highest BCUT2D eigenvalue weighted by Gasteiger charge is 2.70. The van der Waals surface area contributed by atoms with Gasteiger partial charge in [-0.1, -0.05) is 46.1 Å². The Kier molecular flexibility index (Phi) is 6.95. The molecule has 3 amide bonds. The molecule has 1 aromatic carbocycles. The Morgan fingerprint density at radius 3 is 2.37 bits per heavy atom. The predicted octanol–water partition coefficient (Wildman–Crippen LogP) is 4.20. The van der Waals surface area contributed by atoms with Crippen molar-refractivity contribution in [2.24, 2.45) is 10.8 Å². The maximum atomic E-state index is 15.2. The summed E-state index contributed by atoms with van der Waals surface area (Å²) in [6.07, 6.45) is 5.54. The van der Waals surface area contributed by atoms with Crippen molar-refractivity contribution in [2.75, 3.05) is 44.2 Å². The number of anilines is 1. The number of imide groups is 1. The number of likely N-dealkylation sites (tertiary alicyclic amines) is 1. The van der Waals surface area contributed by atoms with Gasteiger partial charge in [0.1, 0.15) is 5.82 Å². The van der Waals surface area contributed by atoms with Crippen LogP contribution in [0.25, 0.3) is 0 Å². The number of halogens is 1. The molecule has 38 heavy (non-hydrogen) atoms. The van der Waals surface area contributed by atoms with Crippen LogP contribution in [0.1, 0.15) is 77.2 Å². The summed E-state index contributed by atoms with van der Waals surface area (Å²) in [5, 5.41) is 12.5. The van der Waals surface area contributed by atoms with Crippen molar-refractivity contribution >= 4 is 23.6 Å². The van der Waals surface area contributed by atoms with Gasteiger partial charge in [-0.15, -0.1) is 0 Å². The number of hydrogen-bond acceptors (Lipinski definition) is 5. The minimum absolute atomic E-state index is 0.0248. The number of rotatable bonds is 4. The summed E-state index contributed by atoms with van der Waals surface area (Å²) in [6.45, 7) is 10.7. The smallest absolute Gasteiger partial charge is 0.407 e. The van der Waals surface area contributed by atoms with E-state index in [1.54, 1.807) is 17.0 Å². The van der Waals surface area contributed by atoms with Crippen molar-refractivity contribution in [3.8, 4) is 0 Å². The molecule has 8 nitrogen and oxygen atoms in total. The number of benzene rings is 1. The minimum atomic E-state index is -0.826. The largest absolute Gasteiger partial charge is 0.465 e. The standard InChI is InChI=1S/C29H41FN4O4/c1-27(2,3)29(28(11-5-4-6-12-28)18-34(29)26(37)38)19-32-13-15-33(16-14-32)23-9-7-20(17-22(23)30)21-8-10-24(35)31-25(21)36/h7,9,17,21H,4-6,8,10-16,18-19H2,1-3H3,(H,37,38)(H,31,35,36). The Morgan fingerprint density at radius 1 is 1.11 bits per heavy atom. The summed E-state index contributed by atoms with van der Waals surface area (Å²) in [5.41, 5.74) is 0.486. The molecule has 1 aromatic rings. The number of hydrogen-bond donors (Lipinski definition) is 2. The molecule has 9 heteroatoms. The van der Waals surface area contributed by atoms with E-state index in [0.29, 0.717) is 43.9 Å². The average Bonchev–Trinajstić information content (AvgIpc) is 2.86. The van der Waals surface area contributed by atoms with Crippen LogP contribution >= 0.6 is 0 Å².